The van der Waals surface area contributed by atoms with Crippen molar-refractivity contribution in [1.29, 1.82) is 0 Å². The Morgan fingerprint density at radius 2 is 2.24 bits per heavy atom. The molecule has 1 saturated heterocycles. The van der Waals surface area contributed by atoms with Crippen LogP contribution in [0.25, 0.3) is 0 Å². The van der Waals surface area contributed by atoms with E-state index in [-0.39, 0.29) is 12.6 Å². The topological polar surface area (TPSA) is 75.8 Å². The molecule has 1 aromatic carbocycles. The van der Waals surface area contributed by atoms with E-state index in [1.165, 1.54) is 0 Å². The van der Waals surface area contributed by atoms with E-state index in [2.05, 4.69) is 4.90 Å². The maximum Gasteiger partial charge on any atom is 0.340 e. The molecule has 0 spiro atoms. The number of ether oxygens (including phenoxy) is 1. The quantitative estimate of drug-likeness (QED) is 0.657. The lowest BCUT2D eigenvalue weighted by molar-refractivity contribution is 0.0527. The van der Waals surface area contributed by atoms with Gasteiger partial charge in [-0.25, -0.2) is 4.79 Å². The molecule has 0 bridgehead atoms. The fraction of sp³-hybridized carbons (Fsp3) is 0.562. The molecule has 1 unspecified atom stereocenters. The van der Waals surface area contributed by atoms with Gasteiger partial charge in [0.2, 0.25) is 0 Å². The summed E-state index contributed by atoms with van der Waals surface area (Å²) >= 11 is 0. The standard InChI is InChI=1S/C16H24N2O3/c1-2-21-16(20)13-8-6-9-14(15(13)17)18-10-5-3-4-7-12(18)11-19/h6,8-9,12,19H,2-5,7,10-11,17H2,1H3. The molecule has 1 atom stereocenters. The number of carbonyl (C=O) groups is 1. The second kappa shape index (κ2) is 7.31. The summed E-state index contributed by atoms with van der Waals surface area (Å²) in [6.45, 7) is 3.05. The van der Waals surface area contributed by atoms with Crippen molar-refractivity contribution >= 4 is 17.3 Å². The summed E-state index contributed by atoms with van der Waals surface area (Å²) in [6.07, 6.45) is 4.28. The summed E-state index contributed by atoms with van der Waals surface area (Å²) < 4.78 is 5.04. The summed E-state index contributed by atoms with van der Waals surface area (Å²) in [5.41, 5.74) is 7.85. The SMILES string of the molecule is CCOC(=O)c1cccc(N2CCCCCC2CO)c1N. The third-order valence-electron chi connectivity index (χ3n) is 3.98. The Hall–Kier alpha value is -1.75. The molecule has 5 heteroatoms. The third kappa shape index (κ3) is 3.47. The number of hydrogen-bond donors (Lipinski definition) is 2. The molecule has 1 aliphatic heterocycles. The second-order valence-electron chi connectivity index (χ2n) is 5.34. The van der Waals surface area contributed by atoms with Gasteiger partial charge in [-0.3, -0.25) is 0 Å². The van der Waals surface area contributed by atoms with Crippen molar-refractivity contribution in [3.63, 3.8) is 0 Å². The zero-order chi connectivity index (χ0) is 15.2. The van der Waals surface area contributed by atoms with E-state index in [1.54, 1.807) is 13.0 Å². The van der Waals surface area contributed by atoms with Crippen LogP contribution >= 0.6 is 0 Å². The van der Waals surface area contributed by atoms with Crippen molar-refractivity contribution in [1.82, 2.24) is 0 Å². The maximum absolute atomic E-state index is 11.9. The van der Waals surface area contributed by atoms with E-state index in [0.29, 0.717) is 17.9 Å². The summed E-state index contributed by atoms with van der Waals surface area (Å²) in [5.74, 6) is -0.396. The Labute approximate surface area is 125 Å². The Morgan fingerprint density at radius 3 is 2.95 bits per heavy atom. The van der Waals surface area contributed by atoms with E-state index in [9.17, 15) is 9.90 Å². The van der Waals surface area contributed by atoms with E-state index >= 15 is 0 Å². The number of nitrogens with two attached hydrogens (primary N) is 1. The van der Waals surface area contributed by atoms with Crippen molar-refractivity contribution < 1.29 is 14.6 Å². The Kier molecular flexibility index (Phi) is 5.44. The van der Waals surface area contributed by atoms with E-state index in [1.807, 2.05) is 12.1 Å². The molecule has 0 aliphatic carbocycles. The fourth-order valence-corrected chi connectivity index (χ4v) is 2.87. The molecule has 21 heavy (non-hydrogen) atoms. The zero-order valence-corrected chi connectivity index (χ0v) is 12.5. The number of esters is 1. The summed E-state index contributed by atoms with van der Waals surface area (Å²) in [4.78, 5) is 14.1. The van der Waals surface area contributed by atoms with Gasteiger partial charge in [-0.2, -0.15) is 0 Å². The first-order valence-corrected chi connectivity index (χ1v) is 7.62. The molecule has 116 valence electrons. The first kappa shape index (κ1) is 15.6. The van der Waals surface area contributed by atoms with Crippen LogP contribution in [0.15, 0.2) is 18.2 Å². The predicted octanol–water partition coefficient (Wildman–Crippen LogP) is 2.19. The van der Waals surface area contributed by atoms with Crippen molar-refractivity contribution in [3.05, 3.63) is 23.8 Å². The maximum atomic E-state index is 11.9. The molecule has 3 N–H and O–H groups in total. The molecular weight excluding hydrogens is 268 g/mol. The number of nitrogens with zero attached hydrogens (tertiary/aromatic N) is 1. The highest BCUT2D eigenvalue weighted by Crippen LogP contribution is 2.31. The summed E-state index contributed by atoms with van der Waals surface area (Å²) in [6, 6.07) is 5.47. The van der Waals surface area contributed by atoms with Gasteiger partial charge < -0.3 is 20.5 Å². The largest absolute Gasteiger partial charge is 0.462 e. The van der Waals surface area contributed by atoms with Crippen molar-refractivity contribution in [3.8, 4) is 0 Å². The minimum absolute atomic E-state index is 0.0623. The summed E-state index contributed by atoms with van der Waals surface area (Å²) in [7, 11) is 0. The van der Waals surface area contributed by atoms with E-state index < -0.39 is 5.97 Å². The normalized spacial score (nSPS) is 19.1. The first-order chi connectivity index (χ1) is 10.2. The minimum Gasteiger partial charge on any atom is -0.462 e. The number of aliphatic hydroxyl groups excluding tert-OH is 1. The first-order valence-electron chi connectivity index (χ1n) is 7.62. The average molecular weight is 292 g/mol. The van der Waals surface area contributed by atoms with E-state index in [0.717, 1.165) is 37.9 Å². The van der Waals surface area contributed by atoms with Gasteiger partial charge in [0, 0.05) is 6.54 Å². The predicted molar refractivity (Wildman–Crippen MR) is 83.5 cm³/mol. The van der Waals surface area contributed by atoms with Crippen molar-refractivity contribution in [2.45, 2.75) is 38.6 Å². The molecule has 5 nitrogen and oxygen atoms in total. The van der Waals surface area contributed by atoms with Crippen LogP contribution in [-0.2, 0) is 4.74 Å². The van der Waals surface area contributed by atoms with Gasteiger partial charge in [-0.05, 0) is 31.9 Å². The molecule has 0 radical (unpaired) electrons. The molecule has 0 amide bonds. The molecule has 1 aliphatic rings. The number of carbonyl (C=O) groups excluding carboxylic acids is 1. The lowest BCUT2D eigenvalue weighted by Crippen LogP contribution is -2.38. The molecule has 1 heterocycles. The Bertz CT molecular complexity index is 490. The van der Waals surface area contributed by atoms with Gasteiger partial charge in [-0.1, -0.05) is 18.9 Å². The Morgan fingerprint density at radius 1 is 1.43 bits per heavy atom. The third-order valence-corrected chi connectivity index (χ3v) is 3.98. The molecule has 1 aromatic rings. The highest BCUT2D eigenvalue weighted by molar-refractivity contribution is 5.98. The number of hydrogen-bond acceptors (Lipinski definition) is 5. The lowest BCUT2D eigenvalue weighted by atomic mass is 10.1. The lowest BCUT2D eigenvalue weighted by Gasteiger charge is -2.32. The highest BCUT2D eigenvalue weighted by atomic mass is 16.5. The van der Waals surface area contributed by atoms with Crippen LogP contribution in [-0.4, -0.2) is 36.9 Å². The van der Waals surface area contributed by atoms with Crippen LogP contribution in [0.4, 0.5) is 11.4 Å². The fourth-order valence-electron chi connectivity index (χ4n) is 2.87. The van der Waals surface area contributed by atoms with Crippen LogP contribution < -0.4 is 10.6 Å². The van der Waals surface area contributed by atoms with Crippen LogP contribution in [0.3, 0.4) is 0 Å². The number of nitrogen functional groups attached to an aromatic ring is 1. The number of anilines is 2. The molecular formula is C16H24N2O3. The van der Waals surface area contributed by atoms with Crippen molar-refractivity contribution in [2.75, 3.05) is 30.4 Å². The number of benzene rings is 1. The number of para-hydroxylation sites is 1. The molecule has 0 saturated carbocycles. The summed E-state index contributed by atoms with van der Waals surface area (Å²) in [5, 5.41) is 9.63. The average Bonchev–Trinajstić information content (AvgIpc) is 2.72. The zero-order valence-electron chi connectivity index (χ0n) is 12.5. The van der Waals surface area contributed by atoms with Gasteiger partial charge in [0.25, 0.3) is 0 Å². The Balaban J connectivity index is 2.33. The van der Waals surface area contributed by atoms with Crippen LogP contribution in [0.2, 0.25) is 0 Å². The smallest absolute Gasteiger partial charge is 0.340 e. The second-order valence-corrected chi connectivity index (χ2v) is 5.34. The highest BCUT2D eigenvalue weighted by Gasteiger charge is 2.24. The molecule has 1 fully saturated rings. The van der Waals surface area contributed by atoms with Crippen LogP contribution in [0.5, 0.6) is 0 Å². The monoisotopic (exact) mass is 292 g/mol. The number of rotatable bonds is 4. The van der Waals surface area contributed by atoms with Gasteiger partial charge in [0.15, 0.2) is 0 Å². The van der Waals surface area contributed by atoms with Gasteiger partial charge in [0.1, 0.15) is 0 Å². The molecule has 0 aromatic heterocycles. The van der Waals surface area contributed by atoms with Gasteiger partial charge in [0.05, 0.1) is 36.2 Å². The van der Waals surface area contributed by atoms with Crippen LogP contribution in [0.1, 0.15) is 43.0 Å². The van der Waals surface area contributed by atoms with Gasteiger partial charge in [-0.15, -0.1) is 0 Å². The number of aliphatic hydroxyl groups is 1. The van der Waals surface area contributed by atoms with Crippen molar-refractivity contribution in [2.24, 2.45) is 0 Å². The van der Waals surface area contributed by atoms with Gasteiger partial charge >= 0.3 is 5.97 Å². The van der Waals surface area contributed by atoms with E-state index in [4.69, 9.17) is 10.5 Å². The minimum atomic E-state index is -0.396. The molecule has 2 rings (SSSR count). The van der Waals surface area contributed by atoms with Crippen LogP contribution in [0, 0.1) is 0 Å².